The van der Waals surface area contributed by atoms with Crippen molar-refractivity contribution in [3.05, 3.63) is 77.4 Å². The first-order chi connectivity index (χ1) is 19.3. The molecule has 2 unspecified atom stereocenters. The molecule has 7 nitrogen and oxygen atoms in total. The number of nitrogens with one attached hydrogen (secondary N) is 2. The summed E-state index contributed by atoms with van der Waals surface area (Å²) in [4.78, 5) is 43.0. The average Bonchev–Trinajstić information content (AvgIpc) is 3.69. The molecule has 0 spiro atoms. The number of hydrogen-bond acceptors (Lipinski definition) is 4. The number of fused-ring (bicyclic) bond motifs is 1. The number of ether oxygens (including phenoxy) is 1. The second-order valence-electron chi connectivity index (χ2n) is 12.7. The van der Waals surface area contributed by atoms with Crippen molar-refractivity contribution in [2.24, 2.45) is 5.92 Å². The van der Waals surface area contributed by atoms with Gasteiger partial charge in [0.05, 0.1) is 0 Å². The van der Waals surface area contributed by atoms with Gasteiger partial charge in [-0.25, -0.2) is 4.79 Å². The number of benzene rings is 3. The molecule has 0 bridgehead atoms. The number of carbonyl (C=O) groups is 3. The van der Waals surface area contributed by atoms with E-state index >= 15 is 0 Å². The molecular weight excluding hydrogens is 514 g/mol. The van der Waals surface area contributed by atoms with E-state index in [2.05, 4.69) is 16.7 Å². The lowest BCUT2D eigenvalue weighted by Gasteiger charge is -2.35. The molecule has 3 aromatic rings. The first-order valence-electron chi connectivity index (χ1n) is 14.5. The van der Waals surface area contributed by atoms with Crippen LogP contribution in [0.4, 0.5) is 10.5 Å². The largest absolute Gasteiger partial charge is 0.444 e. The summed E-state index contributed by atoms with van der Waals surface area (Å²) < 4.78 is 5.49. The fourth-order valence-electron chi connectivity index (χ4n) is 5.28. The molecule has 1 aliphatic rings. The lowest BCUT2D eigenvalue weighted by molar-refractivity contribution is -0.141. The molecule has 7 heteroatoms. The normalized spacial score (nSPS) is 14.8. The van der Waals surface area contributed by atoms with Gasteiger partial charge in [-0.05, 0) is 88.3 Å². The van der Waals surface area contributed by atoms with Crippen LogP contribution in [0.1, 0.15) is 76.6 Å². The Labute approximate surface area is 243 Å². The molecule has 1 saturated carbocycles. The lowest BCUT2D eigenvalue weighted by atomic mass is 9.96. The second-order valence-corrected chi connectivity index (χ2v) is 12.7. The molecule has 218 valence electrons. The molecule has 2 N–H and O–H groups in total. The number of anilines is 1. The number of aryl methyl sites for hydroxylation is 2. The third-order valence-corrected chi connectivity index (χ3v) is 6.99. The Morgan fingerprint density at radius 2 is 1.56 bits per heavy atom. The first kappa shape index (κ1) is 30.1. The van der Waals surface area contributed by atoms with Crippen molar-refractivity contribution in [2.45, 2.75) is 91.5 Å². The van der Waals surface area contributed by atoms with Crippen LogP contribution in [0.5, 0.6) is 0 Å². The van der Waals surface area contributed by atoms with Gasteiger partial charge < -0.3 is 20.3 Å². The molecule has 4 rings (SSSR count). The van der Waals surface area contributed by atoms with Crippen LogP contribution in [0.25, 0.3) is 10.8 Å². The Balaban J connectivity index is 1.72. The summed E-state index contributed by atoms with van der Waals surface area (Å²) in [6.07, 6.45) is 1.39. The Kier molecular flexibility index (Phi) is 9.05. The highest BCUT2D eigenvalue weighted by Crippen LogP contribution is 2.37. The van der Waals surface area contributed by atoms with Crippen LogP contribution in [0.2, 0.25) is 0 Å². The van der Waals surface area contributed by atoms with Gasteiger partial charge in [0.15, 0.2) is 0 Å². The SMILES string of the molecule is Cc1cc(C)cc(C(C(=O)Nc2ccc3ccccc3c2)N(C(=O)C(CC(C)C)NC(=O)OC(C)(C)C)C2CC2)c1. The van der Waals surface area contributed by atoms with Crippen molar-refractivity contribution in [3.8, 4) is 0 Å². The van der Waals surface area contributed by atoms with E-state index in [0.717, 1.165) is 40.3 Å². The fraction of sp³-hybridized carbons (Fsp3) is 0.441. The molecule has 0 radical (unpaired) electrons. The van der Waals surface area contributed by atoms with E-state index in [1.54, 1.807) is 25.7 Å². The number of rotatable bonds is 9. The van der Waals surface area contributed by atoms with Crippen LogP contribution < -0.4 is 10.6 Å². The van der Waals surface area contributed by atoms with Gasteiger partial charge in [0.25, 0.3) is 5.91 Å². The predicted molar refractivity (Wildman–Crippen MR) is 164 cm³/mol. The van der Waals surface area contributed by atoms with Crippen LogP contribution >= 0.6 is 0 Å². The number of hydrogen-bond donors (Lipinski definition) is 2. The maximum absolute atomic E-state index is 14.4. The van der Waals surface area contributed by atoms with E-state index in [0.29, 0.717) is 12.1 Å². The van der Waals surface area contributed by atoms with Crippen LogP contribution in [0.15, 0.2) is 60.7 Å². The van der Waals surface area contributed by atoms with Crippen molar-refractivity contribution in [1.82, 2.24) is 10.2 Å². The zero-order valence-electron chi connectivity index (χ0n) is 25.3. The highest BCUT2D eigenvalue weighted by atomic mass is 16.6. The molecular formula is C34H43N3O4. The number of amides is 3. The summed E-state index contributed by atoms with van der Waals surface area (Å²) in [6, 6.07) is 18.0. The van der Waals surface area contributed by atoms with Gasteiger partial charge in [-0.2, -0.15) is 0 Å². The van der Waals surface area contributed by atoms with E-state index in [-0.39, 0.29) is 23.8 Å². The van der Waals surface area contributed by atoms with Crippen molar-refractivity contribution >= 4 is 34.4 Å². The highest BCUT2D eigenvalue weighted by molar-refractivity contribution is 6.00. The predicted octanol–water partition coefficient (Wildman–Crippen LogP) is 7.07. The lowest BCUT2D eigenvalue weighted by Crippen LogP contribution is -2.53. The minimum atomic E-state index is -0.866. The highest BCUT2D eigenvalue weighted by Gasteiger charge is 2.44. The van der Waals surface area contributed by atoms with Crippen LogP contribution in [-0.4, -0.2) is 40.5 Å². The third-order valence-electron chi connectivity index (χ3n) is 6.99. The second kappa shape index (κ2) is 12.3. The Morgan fingerprint density at radius 1 is 0.927 bits per heavy atom. The topological polar surface area (TPSA) is 87.7 Å². The van der Waals surface area contributed by atoms with E-state index in [9.17, 15) is 14.4 Å². The van der Waals surface area contributed by atoms with Gasteiger partial charge in [0.1, 0.15) is 17.7 Å². The van der Waals surface area contributed by atoms with E-state index in [1.807, 2.05) is 82.3 Å². The zero-order chi connectivity index (χ0) is 29.9. The average molecular weight is 558 g/mol. The minimum absolute atomic E-state index is 0.0919. The molecule has 1 aliphatic carbocycles. The van der Waals surface area contributed by atoms with Crippen molar-refractivity contribution in [1.29, 1.82) is 0 Å². The molecule has 0 heterocycles. The molecule has 0 aliphatic heterocycles. The smallest absolute Gasteiger partial charge is 0.408 e. The Bertz CT molecular complexity index is 1400. The molecule has 1 fully saturated rings. The van der Waals surface area contributed by atoms with E-state index in [4.69, 9.17) is 4.74 Å². The molecule has 3 aromatic carbocycles. The Hall–Kier alpha value is -3.87. The Morgan fingerprint density at radius 3 is 2.15 bits per heavy atom. The van der Waals surface area contributed by atoms with E-state index < -0.39 is 23.8 Å². The van der Waals surface area contributed by atoms with Crippen molar-refractivity contribution in [2.75, 3.05) is 5.32 Å². The number of nitrogens with zero attached hydrogens (tertiary/aromatic N) is 1. The van der Waals surface area contributed by atoms with Gasteiger partial charge >= 0.3 is 6.09 Å². The van der Waals surface area contributed by atoms with Gasteiger partial charge in [0.2, 0.25) is 5.91 Å². The minimum Gasteiger partial charge on any atom is -0.444 e. The summed E-state index contributed by atoms with van der Waals surface area (Å²) in [6.45, 7) is 13.4. The zero-order valence-corrected chi connectivity index (χ0v) is 25.3. The standard InChI is InChI=1S/C34H43N3O4/c1-21(2)16-29(36-33(40)41-34(5,6)7)32(39)37(28-14-15-28)30(26-18-22(3)17-23(4)19-26)31(38)35-27-13-12-24-10-8-9-11-25(24)20-27/h8-13,17-21,28-30H,14-16H2,1-7H3,(H,35,38)(H,36,40). The summed E-state index contributed by atoms with van der Waals surface area (Å²) in [5.74, 6) is -0.429. The fourth-order valence-corrected chi connectivity index (χ4v) is 5.28. The van der Waals surface area contributed by atoms with Gasteiger partial charge in [-0.1, -0.05) is 73.5 Å². The summed E-state index contributed by atoms with van der Waals surface area (Å²) >= 11 is 0. The van der Waals surface area contributed by atoms with Crippen molar-refractivity contribution in [3.63, 3.8) is 0 Å². The molecule has 0 saturated heterocycles. The quantitative estimate of drug-likeness (QED) is 0.295. The summed E-state index contributed by atoms with van der Waals surface area (Å²) in [5, 5.41) is 8.01. The van der Waals surface area contributed by atoms with Crippen LogP contribution in [-0.2, 0) is 14.3 Å². The molecule has 41 heavy (non-hydrogen) atoms. The van der Waals surface area contributed by atoms with E-state index in [1.165, 1.54) is 0 Å². The summed E-state index contributed by atoms with van der Waals surface area (Å²) in [5.41, 5.74) is 2.74. The maximum Gasteiger partial charge on any atom is 0.408 e. The van der Waals surface area contributed by atoms with Crippen LogP contribution in [0.3, 0.4) is 0 Å². The molecule has 2 atom stereocenters. The maximum atomic E-state index is 14.4. The molecule has 0 aromatic heterocycles. The van der Waals surface area contributed by atoms with Gasteiger partial charge in [-0.15, -0.1) is 0 Å². The number of carbonyl (C=O) groups excluding carboxylic acids is 3. The van der Waals surface area contributed by atoms with Gasteiger partial charge in [-0.3, -0.25) is 9.59 Å². The molecule has 3 amide bonds. The first-order valence-corrected chi connectivity index (χ1v) is 14.5. The number of alkyl carbamates (subject to hydrolysis) is 1. The van der Waals surface area contributed by atoms with Crippen LogP contribution in [0, 0.1) is 19.8 Å². The van der Waals surface area contributed by atoms with Crippen molar-refractivity contribution < 1.29 is 19.1 Å². The third kappa shape index (κ3) is 8.09. The summed E-state index contributed by atoms with van der Waals surface area (Å²) in [7, 11) is 0. The van der Waals surface area contributed by atoms with Gasteiger partial charge in [0, 0.05) is 11.7 Å². The monoisotopic (exact) mass is 557 g/mol.